The van der Waals surface area contributed by atoms with Crippen LogP contribution in [-0.2, 0) is 21.3 Å². The van der Waals surface area contributed by atoms with Crippen LogP contribution in [0.15, 0.2) is 18.2 Å². The molecule has 1 spiro atoms. The number of anilines is 1. The number of nitriles is 1. The van der Waals surface area contributed by atoms with Gasteiger partial charge in [-0.15, -0.1) is 0 Å². The lowest BCUT2D eigenvalue weighted by atomic mass is 9.53. The Hall–Kier alpha value is -4.18. The number of likely N-dealkylation sites (N-methyl/N-ethyl adjacent to an activating group) is 1. The van der Waals surface area contributed by atoms with E-state index in [1.807, 2.05) is 13.0 Å². The second-order valence-electron chi connectivity index (χ2n) is 13.4. The number of fused-ring (bicyclic) bond motifs is 1. The van der Waals surface area contributed by atoms with Gasteiger partial charge in [-0.1, -0.05) is 12.2 Å². The first-order valence-corrected chi connectivity index (χ1v) is 16.7. The molecule has 3 aliphatic heterocycles. The van der Waals surface area contributed by atoms with Crippen molar-refractivity contribution in [1.82, 2.24) is 19.5 Å². The van der Waals surface area contributed by atoms with Gasteiger partial charge in [0.2, 0.25) is 0 Å². The molecule has 2 saturated heterocycles. The SMILES string of the molecule is CCOC(=O)c1nc2c(C#N)c(-c3cc(O)c4c5c3C[C@@H]3[C@@H]6C=C[C@H](O)[C@H](O4)[C@]56CCN3C)nn2c(N(CC)C2CCOCC2)c1C. The van der Waals surface area contributed by atoms with Gasteiger partial charge in [-0.25, -0.2) is 9.78 Å². The van der Waals surface area contributed by atoms with Gasteiger partial charge < -0.3 is 34.2 Å². The number of rotatable bonds is 6. The highest BCUT2D eigenvalue weighted by Gasteiger charge is 2.64. The van der Waals surface area contributed by atoms with Crippen LogP contribution in [0.3, 0.4) is 0 Å². The molecule has 12 heteroatoms. The summed E-state index contributed by atoms with van der Waals surface area (Å²) in [6, 6.07) is 4.29. The zero-order chi connectivity index (χ0) is 32.8. The van der Waals surface area contributed by atoms with Gasteiger partial charge in [-0.3, -0.25) is 0 Å². The Labute approximate surface area is 273 Å². The van der Waals surface area contributed by atoms with Crippen LogP contribution in [0.1, 0.15) is 65.9 Å². The number of hydrogen-bond acceptors (Lipinski definition) is 11. The molecule has 5 atom stereocenters. The van der Waals surface area contributed by atoms with Gasteiger partial charge in [-0.2, -0.15) is 14.9 Å². The lowest BCUT2D eigenvalue weighted by molar-refractivity contribution is -0.0452. The van der Waals surface area contributed by atoms with Gasteiger partial charge in [0.05, 0.1) is 6.61 Å². The quantitative estimate of drug-likeness (QED) is 0.302. The van der Waals surface area contributed by atoms with Crippen molar-refractivity contribution in [3.63, 3.8) is 0 Å². The monoisotopic (exact) mass is 640 g/mol. The number of piperidine rings is 1. The van der Waals surface area contributed by atoms with E-state index in [0.717, 1.165) is 36.9 Å². The maximum absolute atomic E-state index is 13.3. The van der Waals surface area contributed by atoms with Crippen LogP contribution in [0.25, 0.3) is 16.9 Å². The predicted molar refractivity (Wildman–Crippen MR) is 172 cm³/mol. The van der Waals surface area contributed by atoms with Crippen LogP contribution < -0.4 is 9.64 Å². The summed E-state index contributed by atoms with van der Waals surface area (Å²) >= 11 is 0. The first-order chi connectivity index (χ1) is 22.7. The number of aliphatic hydroxyl groups excluding tert-OH is 1. The van der Waals surface area contributed by atoms with Crippen LogP contribution in [0.5, 0.6) is 11.5 Å². The van der Waals surface area contributed by atoms with E-state index in [1.54, 1.807) is 17.5 Å². The molecular formula is C35H40N6O6. The number of benzene rings is 1. The van der Waals surface area contributed by atoms with Crippen LogP contribution in [0.4, 0.5) is 5.82 Å². The summed E-state index contributed by atoms with van der Waals surface area (Å²) < 4.78 is 19.2. The molecule has 12 nitrogen and oxygen atoms in total. The largest absolute Gasteiger partial charge is 0.504 e. The lowest BCUT2D eigenvalue weighted by Gasteiger charge is -2.56. The molecule has 8 rings (SSSR count). The highest BCUT2D eigenvalue weighted by atomic mass is 16.5. The van der Waals surface area contributed by atoms with Gasteiger partial charge >= 0.3 is 5.97 Å². The molecule has 5 heterocycles. The number of likely N-dealkylation sites (tertiary alicyclic amines) is 1. The number of hydrogen-bond donors (Lipinski definition) is 2. The molecule has 2 aliphatic carbocycles. The maximum atomic E-state index is 13.3. The van der Waals surface area contributed by atoms with Gasteiger partial charge in [0.15, 0.2) is 22.8 Å². The Balaban J connectivity index is 1.40. The summed E-state index contributed by atoms with van der Waals surface area (Å²) in [6.07, 6.45) is 5.69. The van der Waals surface area contributed by atoms with E-state index < -0.39 is 23.6 Å². The third-order valence-corrected chi connectivity index (χ3v) is 11.3. The number of esters is 1. The Morgan fingerprint density at radius 2 is 2.06 bits per heavy atom. The van der Waals surface area contributed by atoms with Crippen molar-refractivity contribution in [2.45, 2.75) is 76.2 Å². The highest BCUT2D eigenvalue weighted by molar-refractivity contribution is 5.92. The number of aromatic nitrogens is 3. The summed E-state index contributed by atoms with van der Waals surface area (Å²) in [5.41, 5.74) is 3.67. The van der Waals surface area contributed by atoms with E-state index >= 15 is 0 Å². The van der Waals surface area contributed by atoms with Crippen molar-refractivity contribution in [2.24, 2.45) is 5.92 Å². The van der Waals surface area contributed by atoms with Crippen molar-refractivity contribution >= 4 is 17.4 Å². The lowest BCUT2D eigenvalue weighted by Crippen LogP contribution is -2.64. The highest BCUT2D eigenvalue weighted by Crippen LogP contribution is 2.63. The molecule has 246 valence electrons. The fraction of sp³-hybridized carbons (Fsp3) is 0.543. The van der Waals surface area contributed by atoms with Crippen LogP contribution in [0.2, 0.25) is 0 Å². The van der Waals surface area contributed by atoms with E-state index in [-0.39, 0.29) is 47.3 Å². The van der Waals surface area contributed by atoms with Crippen LogP contribution >= 0.6 is 0 Å². The number of phenolic OH excluding ortho intramolecular Hbond substituents is 1. The molecule has 2 fully saturated rings. The average molecular weight is 641 g/mol. The second kappa shape index (κ2) is 10.9. The van der Waals surface area contributed by atoms with Crippen molar-refractivity contribution < 1.29 is 29.2 Å². The number of carbonyl (C=O) groups is 1. The normalized spacial score (nSPS) is 27.7. The van der Waals surface area contributed by atoms with E-state index in [9.17, 15) is 20.3 Å². The molecule has 0 saturated carbocycles. The van der Waals surface area contributed by atoms with Crippen LogP contribution in [0, 0.1) is 24.2 Å². The molecule has 2 bridgehead atoms. The summed E-state index contributed by atoms with van der Waals surface area (Å²) in [6.45, 7) is 8.61. The smallest absolute Gasteiger partial charge is 0.357 e. The van der Waals surface area contributed by atoms with Gasteiger partial charge in [-0.05, 0) is 71.7 Å². The van der Waals surface area contributed by atoms with Crippen molar-refractivity contribution in [3.05, 3.63) is 46.2 Å². The van der Waals surface area contributed by atoms with Gasteiger partial charge in [0.1, 0.15) is 35.4 Å². The molecule has 0 amide bonds. The number of ether oxygens (including phenoxy) is 3. The second-order valence-corrected chi connectivity index (χ2v) is 13.4. The molecule has 47 heavy (non-hydrogen) atoms. The topological polar surface area (TPSA) is 146 Å². The zero-order valence-electron chi connectivity index (χ0n) is 27.2. The molecule has 1 aromatic carbocycles. The minimum absolute atomic E-state index is 0.0410. The summed E-state index contributed by atoms with van der Waals surface area (Å²) in [5, 5.41) is 38.5. The summed E-state index contributed by atoms with van der Waals surface area (Å²) in [5.74, 6) is 0.619. The fourth-order valence-electron chi connectivity index (χ4n) is 9.25. The number of phenols is 1. The third-order valence-electron chi connectivity index (χ3n) is 11.3. The van der Waals surface area contributed by atoms with Crippen molar-refractivity contribution in [1.29, 1.82) is 5.26 Å². The van der Waals surface area contributed by atoms with Gasteiger partial charge in [0.25, 0.3) is 0 Å². The molecule has 0 radical (unpaired) electrons. The Kier molecular flexibility index (Phi) is 7.02. The standard InChI is InChI=1S/C35H40N6O6/c1-5-40(19-9-13-45-14-10-19)33-18(3)28(34(44)46-6-2)37-32-22(17-36)29(38-41(32)33)21-16-26(43)30-27-20(21)15-24-23-7-8-25(42)31(47-30)35(23,27)11-12-39(24)4/h7-8,16,19,23-25,31,42-43H,5-6,9-15H2,1-4H3/t23-,24+,25-,31-,35-/m0/s1. The van der Waals surface area contributed by atoms with Crippen molar-refractivity contribution in [2.75, 3.05) is 44.9 Å². The Morgan fingerprint density at radius 1 is 1.28 bits per heavy atom. The van der Waals surface area contributed by atoms with E-state index in [2.05, 4.69) is 35.9 Å². The van der Waals surface area contributed by atoms with E-state index in [4.69, 9.17) is 24.3 Å². The Morgan fingerprint density at radius 3 is 2.79 bits per heavy atom. The number of aromatic hydroxyl groups is 1. The minimum atomic E-state index is -0.803. The van der Waals surface area contributed by atoms with Gasteiger partial charge in [0, 0.05) is 59.9 Å². The molecule has 3 aromatic rings. The fourth-order valence-corrected chi connectivity index (χ4v) is 9.25. The zero-order valence-corrected chi connectivity index (χ0v) is 27.2. The Bertz CT molecular complexity index is 1870. The average Bonchev–Trinajstić information content (AvgIpc) is 3.62. The first-order valence-electron chi connectivity index (χ1n) is 16.7. The third kappa shape index (κ3) is 4.06. The van der Waals surface area contributed by atoms with Crippen molar-refractivity contribution in [3.8, 4) is 28.8 Å². The molecule has 5 aliphatic rings. The number of carbonyl (C=O) groups excluding carboxylic acids is 1. The van der Waals surface area contributed by atoms with E-state index in [1.165, 1.54) is 0 Å². The first kappa shape index (κ1) is 30.2. The molecular weight excluding hydrogens is 600 g/mol. The molecule has 2 aromatic heterocycles. The van der Waals surface area contributed by atoms with Crippen LogP contribution in [-0.4, -0.2) is 99.9 Å². The summed E-state index contributed by atoms with van der Waals surface area (Å²) in [4.78, 5) is 22.6. The molecule has 2 N–H and O–H groups in total. The predicted octanol–water partition coefficient (Wildman–Crippen LogP) is 3.27. The molecule has 0 unspecified atom stereocenters. The van der Waals surface area contributed by atoms with E-state index in [0.29, 0.717) is 54.6 Å². The maximum Gasteiger partial charge on any atom is 0.357 e. The number of aliphatic hydroxyl groups is 1. The number of nitrogens with zero attached hydrogens (tertiary/aromatic N) is 6. The summed E-state index contributed by atoms with van der Waals surface area (Å²) in [7, 11) is 2.13. The minimum Gasteiger partial charge on any atom is -0.504 e.